The molecule has 1 amide bonds. The first kappa shape index (κ1) is 19.7. The summed E-state index contributed by atoms with van der Waals surface area (Å²) in [4.78, 5) is 22.3. The molecule has 7 nitrogen and oxygen atoms in total. The summed E-state index contributed by atoms with van der Waals surface area (Å²) in [7, 11) is 0. The Hall–Kier alpha value is -3.00. The summed E-state index contributed by atoms with van der Waals surface area (Å²) >= 11 is 0. The molecule has 1 aromatic carbocycles. The molecular formula is C24H27FN6O. The van der Waals surface area contributed by atoms with E-state index in [-0.39, 0.29) is 11.8 Å². The van der Waals surface area contributed by atoms with Crippen molar-refractivity contribution in [1.82, 2.24) is 24.8 Å². The third-order valence-corrected chi connectivity index (χ3v) is 7.06. The fourth-order valence-electron chi connectivity index (χ4n) is 5.29. The van der Waals surface area contributed by atoms with Gasteiger partial charge in [-0.3, -0.25) is 4.79 Å². The average Bonchev–Trinajstić information content (AvgIpc) is 3.13. The molecule has 5 heterocycles. The number of anilines is 1. The van der Waals surface area contributed by atoms with Gasteiger partial charge in [0.2, 0.25) is 5.91 Å². The number of nitrogens with zero attached hydrogens (tertiary/aromatic N) is 5. The number of halogens is 1. The van der Waals surface area contributed by atoms with Crippen LogP contribution in [0.2, 0.25) is 0 Å². The fourth-order valence-corrected chi connectivity index (χ4v) is 5.29. The predicted octanol–water partition coefficient (Wildman–Crippen LogP) is 1.91. The van der Waals surface area contributed by atoms with Gasteiger partial charge in [-0.25, -0.2) is 9.37 Å². The largest absolute Gasteiger partial charge is 0.354 e. The molecule has 0 bridgehead atoms. The van der Waals surface area contributed by atoms with Gasteiger partial charge in [0, 0.05) is 50.8 Å². The monoisotopic (exact) mass is 434 g/mol. The van der Waals surface area contributed by atoms with Crippen LogP contribution in [0.1, 0.15) is 27.9 Å². The number of carbonyl (C=O) groups is 1. The minimum Gasteiger partial charge on any atom is -0.354 e. The molecule has 0 spiro atoms. The first-order valence-electron chi connectivity index (χ1n) is 11.5. The van der Waals surface area contributed by atoms with Crippen molar-refractivity contribution in [1.29, 1.82) is 0 Å². The maximum Gasteiger partial charge on any atom is 0.229 e. The van der Waals surface area contributed by atoms with Crippen LogP contribution in [-0.4, -0.2) is 58.1 Å². The van der Waals surface area contributed by atoms with Crippen LogP contribution in [0.5, 0.6) is 0 Å². The van der Waals surface area contributed by atoms with Gasteiger partial charge in [0.05, 0.1) is 17.8 Å². The van der Waals surface area contributed by atoms with E-state index in [0.29, 0.717) is 25.2 Å². The Kier molecular flexibility index (Phi) is 4.82. The molecule has 1 fully saturated rings. The van der Waals surface area contributed by atoms with Crippen LogP contribution in [0.15, 0.2) is 30.5 Å². The highest BCUT2D eigenvalue weighted by atomic mass is 19.1. The van der Waals surface area contributed by atoms with Crippen molar-refractivity contribution in [3.8, 4) is 0 Å². The standard InChI is InChI=1S/C24H27FN6O/c25-12-16-1-2-17-6-10-29(13-18(17)11-16)24(32)19-14-30(15-19)23-20-3-7-26-8-4-21(20)28-22-5-9-27-31(22)23/h1-2,5,9,11,19,26H,3-4,6-8,10,12-15H2. The molecule has 3 aromatic rings. The summed E-state index contributed by atoms with van der Waals surface area (Å²) in [5.41, 5.74) is 6.26. The Morgan fingerprint density at radius 2 is 2.00 bits per heavy atom. The van der Waals surface area contributed by atoms with Gasteiger partial charge in [-0.15, -0.1) is 0 Å². The molecule has 32 heavy (non-hydrogen) atoms. The number of fused-ring (bicyclic) bond motifs is 3. The number of aromatic nitrogens is 3. The first-order valence-corrected chi connectivity index (χ1v) is 11.5. The maximum atomic E-state index is 13.3. The number of carbonyl (C=O) groups excluding carboxylic acids is 1. The number of amides is 1. The van der Waals surface area contributed by atoms with E-state index in [1.165, 1.54) is 11.1 Å². The number of benzene rings is 1. The predicted molar refractivity (Wildman–Crippen MR) is 119 cm³/mol. The number of rotatable bonds is 3. The zero-order chi connectivity index (χ0) is 21.7. The van der Waals surface area contributed by atoms with Gasteiger partial charge in [-0.1, -0.05) is 18.2 Å². The van der Waals surface area contributed by atoms with E-state index in [2.05, 4.69) is 15.3 Å². The highest BCUT2D eigenvalue weighted by Crippen LogP contribution is 2.33. The molecule has 8 heteroatoms. The fraction of sp³-hybridized carbons (Fsp3) is 0.458. The SMILES string of the molecule is O=C(C1CN(c2c3c(nc4ccnn24)CCNCC3)C1)N1CCc2ccc(CF)cc2C1. The molecule has 3 aliphatic heterocycles. The quantitative estimate of drug-likeness (QED) is 0.682. The molecule has 0 unspecified atom stereocenters. The van der Waals surface area contributed by atoms with Crippen LogP contribution in [0.3, 0.4) is 0 Å². The number of hydrogen-bond donors (Lipinski definition) is 1. The van der Waals surface area contributed by atoms with Crippen molar-refractivity contribution in [2.45, 2.75) is 32.5 Å². The Labute approximate surface area is 186 Å². The van der Waals surface area contributed by atoms with Crippen molar-refractivity contribution in [3.63, 3.8) is 0 Å². The summed E-state index contributed by atoms with van der Waals surface area (Å²) in [5.74, 6) is 1.29. The molecule has 0 aliphatic carbocycles. The van der Waals surface area contributed by atoms with E-state index in [4.69, 9.17) is 4.98 Å². The minimum absolute atomic E-state index is 0.0146. The van der Waals surface area contributed by atoms with E-state index in [0.717, 1.165) is 61.6 Å². The van der Waals surface area contributed by atoms with Crippen LogP contribution >= 0.6 is 0 Å². The summed E-state index contributed by atoms with van der Waals surface area (Å²) in [6.07, 6.45) is 4.46. The number of hydrogen-bond acceptors (Lipinski definition) is 5. The second-order valence-corrected chi connectivity index (χ2v) is 9.06. The Balaban J connectivity index is 1.21. The smallest absolute Gasteiger partial charge is 0.229 e. The molecule has 3 aliphatic rings. The van der Waals surface area contributed by atoms with Crippen LogP contribution in [0, 0.1) is 5.92 Å². The van der Waals surface area contributed by atoms with Crippen molar-refractivity contribution in [3.05, 3.63) is 58.4 Å². The van der Waals surface area contributed by atoms with E-state index < -0.39 is 6.67 Å². The molecule has 2 aromatic heterocycles. The van der Waals surface area contributed by atoms with E-state index in [1.807, 2.05) is 33.7 Å². The molecule has 166 valence electrons. The lowest BCUT2D eigenvalue weighted by atomic mass is 9.93. The Morgan fingerprint density at radius 3 is 2.88 bits per heavy atom. The van der Waals surface area contributed by atoms with Crippen molar-refractivity contribution < 1.29 is 9.18 Å². The molecule has 1 N–H and O–H groups in total. The lowest BCUT2D eigenvalue weighted by Crippen LogP contribution is -2.56. The highest BCUT2D eigenvalue weighted by Gasteiger charge is 2.39. The molecule has 0 saturated carbocycles. The molecular weight excluding hydrogens is 407 g/mol. The minimum atomic E-state index is -0.466. The highest BCUT2D eigenvalue weighted by molar-refractivity contribution is 5.82. The number of nitrogens with one attached hydrogen (secondary N) is 1. The van der Waals surface area contributed by atoms with Gasteiger partial charge in [0.1, 0.15) is 12.5 Å². The summed E-state index contributed by atoms with van der Waals surface area (Å²) < 4.78 is 15.0. The van der Waals surface area contributed by atoms with Crippen LogP contribution in [-0.2, 0) is 37.3 Å². The number of alkyl halides is 1. The molecule has 6 rings (SSSR count). The van der Waals surface area contributed by atoms with Gasteiger partial charge < -0.3 is 15.1 Å². The van der Waals surface area contributed by atoms with Crippen LogP contribution in [0.25, 0.3) is 5.65 Å². The zero-order valence-corrected chi connectivity index (χ0v) is 18.1. The molecule has 1 saturated heterocycles. The Bertz CT molecular complexity index is 1180. The first-order chi connectivity index (χ1) is 15.7. The third-order valence-electron chi connectivity index (χ3n) is 7.06. The van der Waals surface area contributed by atoms with Crippen molar-refractivity contribution >= 4 is 17.4 Å². The Morgan fingerprint density at radius 1 is 1.12 bits per heavy atom. The van der Waals surface area contributed by atoms with Gasteiger partial charge in [0.15, 0.2) is 5.65 Å². The van der Waals surface area contributed by atoms with Crippen LogP contribution < -0.4 is 10.2 Å². The summed E-state index contributed by atoms with van der Waals surface area (Å²) in [6, 6.07) is 7.72. The average molecular weight is 435 g/mol. The lowest BCUT2D eigenvalue weighted by molar-refractivity contribution is -0.137. The summed E-state index contributed by atoms with van der Waals surface area (Å²) in [6.45, 7) is 4.11. The van der Waals surface area contributed by atoms with E-state index in [9.17, 15) is 9.18 Å². The van der Waals surface area contributed by atoms with Crippen molar-refractivity contribution in [2.75, 3.05) is 37.6 Å². The van der Waals surface area contributed by atoms with Crippen molar-refractivity contribution in [2.24, 2.45) is 5.92 Å². The van der Waals surface area contributed by atoms with Gasteiger partial charge in [-0.2, -0.15) is 9.61 Å². The van der Waals surface area contributed by atoms with Crippen LogP contribution in [0.4, 0.5) is 10.2 Å². The van der Waals surface area contributed by atoms with E-state index in [1.54, 1.807) is 6.20 Å². The molecule has 0 atom stereocenters. The van der Waals surface area contributed by atoms with Gasteiger partial charge in [-0.05, 0) is 36.1 Å². The van der Waals surface area contributed by atoms with Gasteiger partial charge in [0.25, 0.3) is 0 Å². The lowest BCUT2D eigenvalue weighted by Gasteiger charge is -2.43. The van der Waals surface area contributed by atoms with Gasteiger partial charge >= 0.3 is 0 Å². The van der Waals surface area contributed by atoms with E-state index >= 15 is 0 Å². The molecule has 0 radical (unpaired) electrons. The topological polar surface area (TPSA) is 65.8 Å². The normalized spacial score (nSPS) is 18.8. The zero-order valence-electron chi connectivity index (χ0n) is 18.1. The second-order valence-electron chi connectivity index (χ2n) is 9.06. The third kappa shape index (κ3) is 3.24. The maximum absolute atomic E-state index is 13.3. The second kappa shape index (κ2) is 7.85. The summed E-state index contributed by atoms with van der Waals surface area (Å²) in [5, 5.41) is 7.98.